The fourth-order valence-corrected chi connectivity index (χ4v) is 4.94. The van der Waals surface area contributed by atoms with Gasteiger partial charge in [-0.05, 0) is 68.6 Å². The van der Waals surface area contributed by atoms with Gasteiger partial charge in [-0.2, -0.15) is 13.2 Å². The number of pyridine rings is 1. The van der Waals surface area contributed by atoms with Crippen molar-refractivity contribution in [2.75, 3.05) is 38.5 Å². The number of hydrogen-bond donors (Lipinski definition) is 1. The third-order valence-electron chi connectivity index (χ3n) is 7.57. The second kappa shape index (κ2) is 12.3. The minimum atomic E-state index is -4.55. The van der Waals surface area contributed by atoms with Crippen LogP contribution < -0.4 is 5.32 Å². The van der Waals surface area contributed by atoms with Gasteiger partial charge in [-0.3, -0.25) is 14.7 Å². The highest BCUT2D eigenvalue weighted by Gasteiger charge is 2.34. The van der Waals surface area contributed by atoms with E-state index in [0.29, 0.717) is 18.7 Å². The average molecular weight is 575 g/mol. The number of rotatable bonds is 4. The van der Waals surface area contributed by atoms with Crippen LogP contribution in [0.2, 0.25) is 0 Å². The summed E-state index contributed by atoms with van der Waals surface area (Å²) < 4.78 is 44.0. The number of likely N-dealkylation sites (N-methyl/N-ethyl adjacent to an activating group) is 1. The number of amides is 1. The van der Waals surface area contributed by atoms with Gasteiger partial charge in [0.2, 0.25) is 0 Å². The van der Waals surface area contributed by atoms with Crippen molar-refractivity contribution >= 4 is 17.7 Å². The SMILES string of the molecule is CC1=CC=Cc2ncc(C#Cc3cc(C(=O)Nc4ccc(CN5CCN(C)CC5)c(C(F)(F)F)c4)ncc3C)n2CC1. The third kappa shape index (κ3) is 6.98. The van der Waals surface area contributed by atoms with Crippen LogP contribution in [0.1, 0.15) is 57.6 Å². The molecule has 2 aliphatic heterocycles. The molecule has 3 aromatic rings. The van der Waals surface area contributed by atoms with Crippen LogP contribution in [0.15, 0.2) is 54.4 Å². The lowest BCUT2D eigenvalue weighted by atomic mass is 10.0. The average Bonchev–Trinajstić information content (AvgIpc) is 3.32. The summed E-state index contributed by atoms with van der Waals surface area (Å²) in [5.74, 6) is 6.50. The molecule has 218 valence electrons. The van der Waals surface area contributed by atoms with E-state index in [1.54, 1.807) is 12.3 Å². The number of aryl methyl sites for hydroxylation is 1. The number of allylic oxidation sites excluding steroid dienone is 3. The molecule has 4 heterocycles. The van der Waals surface area contributed by atoms with Crippen LogP contribution in [0.3, 0.4) is 0 Å². The standard InChI is InChI=1S/C32H33F3N6O/c1-22-5-4-6-30-37-20-27(41(30)12-11-22)10-8-24-17-29(36-19-23(24)2)31(42)38-26-9-7-25(28(18-26)32(33,34)35)21-40-15-13-39(3)14-16-40/h4-7,9,17-20H,11-16,21H2,1-3H3,(H,38,42). The number of imidazole rings is 1. The number of carbonyl (C=O) groups excluding carboxylic acids is 1. The molecular weight excluding hydrogens is 541 g/mol. The summed E-state index contributed by atoms with van der Waals surface area (Å²) in [4.78, 5) is 25.9. The van der Waals surface area contributed by atoms with Crippen molar-refractivity contribution < 1.29 is 18.0 Å². The molecule has 0 spiro atoms. The van der Waals surface area contributed by atoms with E-state index in [9.17, 15) is 18.0 Å². The smallest absolute Gasteiger partial charge is 0.321 e. The highest BCUT2D eigenvalue weighted by Crippen LogP contribution is 2.34. The first-order valence-electron chi connectivity index (χ1n) is 13.9. The molecule has 1 N–H and O–H groups in total. The first-order chi connectivity index (χ1) is 20.1. The number of alkyl halides is 3. The maximum absolute atomic E-state index is 14.0. The third-order valence-corrected chi connectivity index (χ3v) is 7.57. The van der Waals surface area contributed by atoms with Crippen LogP contribution in [0.4, 0.5) is 18.9 Å². The van der Waals surface area contributed by atoms with Crippen LogP contribution in [0, 0.1) is 18.8 Å². The van der Waals surface area contributed by atoms with Crippen molar-refractivity contribution in [2.45, 2.75) is 39.5 Å². The van der Waals surface area contributed by atoms with Gasteiger partial charge in [0.05, 0.1) is 11.8 Å². The molecule has 2 aliphatic rings. The van der Waals surface area contributed by atoms with Gasteiger partial charge in [-0.1, -0.05) is 29.7 Å². The lowest BCUT2D eigenvalue weighted by Crippen LogP contribution is -2.44. The summed E-state index contributed by atoms with van der Waals surface area (Å²) >= 11 is 0. The van der Waals surface area contributed by atoms with E-state index in [4.69, 9.17) is 0 Å². The van der Waals surface area contributed by atoms with Crippen molar-refractivity contribution in [1.29, 1.82) is 0 Å². The van der Waals surface area contributed by atoms with E-state index in [-0.39, 0.29) is 23.5 Å². The number of halogens is 3. The normalized spacial score (nSPS) is 16.1. The number of carbonyl (C=O) groups is 1. The predicted octanol–water partition coefficient (Wildman–Crippen LogP) is 5.37. The highest BCUT2D eigenvalue weighted by atomic mass is 19.4. The first kappa shape index (κ1) is 29.3. The maximum atomic E-state index is 14.0. The van der Waals surface area contributed by atoms with Gasteiger partial charge < -0.3 is 14.8 Å². The molecule has 10 heteroatoms. The maximum Gasteiger partial charge on any atom is 0.416 e. The summed E-state index contributed by atoms with van der Waals surface area (Å²) in [5.41, 5.74) is 2.94. The molecule has 0 saturated carbocycles. The summed E-state index contributed by atoms with van der Waals surface area (Å²) in [6, 6.07) is 5.50. The molecule has 5 rings (SSSR count). The molecule has 1 fully saturated rings. The number of nitrogens with zero attached hydrogens (tertiary/aromatic N) is 5. The van der Waals surface area contributed by atoms with Crippen molar-refractivity contribution in [3.05, 3.63) is 93.9 Å². The quantitative estimate of drug-likeness (QED) is 0.425. The topological polar surface area (TPSA) is 66.3 Å². The number of aromatic nitrogens is 3. The molecule has 42 heavy (non-hydrogen) atoms. The second-order valence-electron chi connectivity index (χ2n) is 10.8. The van der Waals surface area contributed by atoms with E-state index in [1.807, 2.05) is 31.0 Å². The number of hydrogen-bond acceptors (Lipinski definition) is 5. The van der Waals surface area contributed by atoms with Crippen LogP contribution in [0.25, 0.3) is 6.08 Å². The Balaban J connectivity index is 1.34. The monoisotopic (exact) mass is 574 g/mol. The van der Waals surface area contributed by atoms with E-state index in [1.165, 1.54) is 23.9 Å². The van der Waals surface area contributed by atoms with Crippen LogP contribution in [-0.4, -0.2) is 63.5 Å². The van der Waals surface area contributed by atoms with Gasteiger partial charge in [0.25, 0.3) is 5.91 Å². The minimum Gasteiger partial charge on any atom is -0.321 e. The molecule has 1 amide bonds. The minimum absolute atomic E-state index is 0.0553. The summed E-state index contributed by atoms with van der Waals surface area (Å²) in [5, 5.41) is 2.58. The van der Waals surface area contributed by atoms with Crippen LogP contribution in [0.5, 0.6) is 0 Å². The van der Waals surface area contributed by atoms with Gasteiger partial charge in [0.1, 0.15) is 17.2 Å². The first-order valence-corrected chi connectivity index (χ1v) is 13.9. The number of fused-ring (bicyclic) bond motifs is 1. The molecule has 1 aromatic carbocycles. The van der Waals surface area contributed by atoms with Gasteiger partial charge in [0, 0.05) is 56.7 Å². The molecule has 1 saturated heterocycles. The Morgan fingerprint density at radius 1 is 1.02 bits per heavy atom. The second-order valence-corrected chi connectivity index (χ2v) is 10.8. The molecule has 7 nitrogen and oxygen atoms in total. The van der Waals surface area contributed by atoms with Crippen LogP contribution >= 0.6 is 0 Å². The Labute approximate surface area is 243 Å². The Hall–Kier alpha value is -4.20. The zero-order chi connectivity index (χ0) is 29.9. The lowest BCUT2D eigenvalue weighted by Gasteiger charge is -2.33. The highest BCUT2D eigenvalue weighted by molar-refractivity contribution is 6.03. The molecule has 0 radical (unpaired) electrons. The number of nitrogens with one attached hydrogen (secondary N) is 1. The van der Waals surface area contributed by atoms with E-state index in [0.717, 1.165) is 49.2 Å². The van der Waals surface area contributed by atoms with Gasteiger partial charge >= 0.3 is 6.18 Å². The molecule has 0 bridgehead atoms. The predicted molar refractivity (Wildman–Crippen MR) is 157 cm³/mol. The Morgan fingerprint density at radius 3 is 2.57 bits per heavy atom. The lowest BCUT2D eigenvalue weighted by molar-refractivity contribution is -0.138. The van der Waals surface area contributed by atoms with Gasteiger partial charge in [0.15, 0.2) is 0 Å². The zero-order valence-corrected chi connectivity index (χ0v) is 23.9. The Bertz CT molecular complexity index is 1600. The van der Waals surface area contributed by atoms with Crippen molar-refractivity contribution in [3.8, 4) is 11.8 Å². The summed E-state index contributed by atoms with van der Waals surface area (Å²) in [7, 11) is 2.00. The molecular formula is C32H33F3N6O. The van der Waals surface area contributed by atoms with E-state index >= 15 is 0 Å². The molecule has 2 aromatic heterocycles. The largest absolute Gasteiger partial charge is 0.416 e. The van der Waals surface area contributed by atoms with Crippen LogP contribution in [-0.2, 0) is 19.3 Å². The van der Waals surface area contributed by atoms with Crippen molar-refractivity contribution in [3.63, 3.8) is 0 Å². The number of piperazine rings is 1. The summed E-state index contributed by atoms with van der Waals surface area (Å²) in [6.07, 6.45) is 5.58. The Kier molecular flexibility index (Phi) is 8.61. The van der Waals surface area contributed by atoms with Gasteiger partial charge in [-0.25, -0.2) is 4.98 Å². The molecule has 0 unspecified atom stereocenters. The van der Waals surface area contributed by atoms with Gasteiger partial charge in [-0.15, -0.1) is 0 Å². The fraction of sp³-hybridized carbons (Fsp3) is 0.344. The molecule has 0 aliphatic carbocycles. The number of benzene rings is 1. The Morgan fingerprint density at radius 2 is 1.81 bits per heavy atom. The summed E-state index contributed by atoms with van der Waals surface area (Å²) in [6.45, 7) is 7.90. The van der Waals surface area contributed by atoms with Crippen molar-refractivity contribution in [1.82, 2.24) is 24.3 Å². The number of anilines is 1. The fourth-order valence-electron chi connectivity index (χ4n) is 4.94. The molecule has 0 atom stereocenters. The van der Waals surface area contributed by atoms with E-state index < -0.39 is 17.6 Å². The zero-order valence-electron chi connectivity index (χ0n) is 23.9. The van der Waals surface area contributed by atoms with E-state index in [2.05, 4.69) is 49.6 Å². The van der Waals surface area contributed by atoms with Crippen molar-refractivity contribution in [2.24, 2.45) is 0 Å².